The lowest BCUT2D eigenvalue weighted by Crippen LogP contribution is -2.68. The number of hydrogen-bond donors (Lipinski definition) is 5. The van der Waals surface area contributed by atoms with Gasteiger partial charge in [0, 0.05) is 23.7 Å². The van der Waals surface area contributed by atoms with Gasteiger partial charge in [-0.2, -0.15) is 0 Å². The first-order valence-corrected chi connectivity index (χ1v) is 17.6. The minimum absolute atomic E-state index is 0.0355. The summed E-state index contributed by atoms with van der Waals surface area (Å²) in [7, 11) is 0. The van der Waals surface area contributed by atoms with Crippen molar-refractivity contribution >= 4 is 0 Å². The molecule has 256 valence electrons. The van der Waals surface area contributed by atoms with Crippen molar-refractivity contribution in [1.29, 1.82) is 0 Å². The van der Waals surface area contributed by atoms with E-state index in [9.17, 15) is 25.5 Å². The maximum Gasteiger partial charge on any atom is 0.186 e. The number of aliphatic hydroxyl groups excluding tert-OH is 4. The highest BCUT2D eigenvalue weighted by atomic mass is 16.7. The van der Waals surface area contributed by atoms with Crippen molar-refractivity contribution in [2.75, 3.05) is 19.8 Å². The van der Waals surface area contributed by atoms with Crippen LogP contribution in [-0.4, -0.2) is 93.6 Å². The Morgan fingerprint density at radius 2 is 1.62 bits per heavy atom. The van der Waals surface area contributed by atoms with Crippen molar-refractivity contribution in [2.45, 2.75) is 142 Å². The molecule has 2 spiro atoms. The van der Waals surface area contributed by atoms with Crippen molar-refractivity contribution < 1.29 is 44.5 Å². The average Bonchev–Trinajstić information content (AvgIpc) is 3.49. The quantitative estimate of drug-likeness (QED) is 0.232. The predicted molar refractivity (Wildman–Crippen MR) is 166 cm³/mol. The van der Waals surface area contributed by atoms with Crippen molar-refractivity contribution in [3.8, 4) is 0 Å². The lowest BCUT2D eigenvalue weighted by molar-refractivity contribution is -0.342. The molecular weight excluding hydrogens is 576 g/mol. The summed E-state index contributed by atoms with van der Waals surface area (Å²) < 4.78 is 25.7. The Kier molecular flexibility index (Phi) is 7.64. The van der Waals surface area contributed by atoms with Crippen LogP contribution in [0.25, 0.3) is 0 Å². The molecule has 3 aliphatic heterocycles. The summed E-state index contributed by atoms with van der Waals surface area (Å²) in [6.07, 6.45) is 2.62. The Morgan fingerprint density at radius 3 is 2.31 bits per heavy atom. The number of rotatable bonds is 4. The smallest absolute Gasteiger partial charge is 0.186 e. The van der Waals surface area contributed by atoms with E-state index in [-0.39, 0.29) is 39.6 Å². The van der Waals surface area contributed by atoms with Gasteiger partial charge in [-0.1, -0.05) is 39.3 Å². The molecule has 45 heavy (non-hydrogen) atoms. The lowest BCUT2D eigenvalue weighted by atomic mass is 9.35. The first-order valence-electron chi connectivity index (χ1n) is 17.6. The molecule has 3 heterocycles. The first-order chi connectivity index (χ1) is 21.0. The molecular formula is C36H58O9. The van der Waals surface area contributed by atoms with Crippen LogP contribution in [0.1, 0.15) is 93.4 Å². The number of hydrogen-bond acceptors (Lipinski definition) is 9. The summed E-state index contributed by atoms with van der Waals surface area (Å²) in [5.74, 6) is 0.430. The van der Waals surface area contributed by atoms with E-state index in [4.69, 9.17) is 18.9 Å². The number of ether oxygens (including phenoxy) is 4. The lowest BCUT2D eigenvalue weighted by Gasteiger charge is -2.70. The van der Waals surface area contributed by atoms with Crippen LogP contribution in [0, 0.1) is 51.2 Å². The van der Waals surface area contributed by atoms with Crippen molar-refractivity contribution in [3.05, 3.63) is 11.6 Å². The number of aliphatic hydroxyl groups is 5. The van der Waals surface area contributed by atoms with Crippen LogP contribution in [-0.2, 0) is 18.9 Å². The molecule has 4 saturated carbocycles. The first kappa shape index (κ1) is 32.9. The third kappa shape index (κ3) is 4.24. The highest BCUT2D eigenvalue weighted by Crippen LogP contribution is 2.80. The van der Waals surface area contributed by atoms with E-state index in [2.05, 4.69) is 47.6 Å². The third-order valence-electron chi connectivity index (χ3n) is 15.2. The monoisotopic (exact) mass is 634 g/mol. The summed E-state index contributed by atoms with van der Waals surface area (Å²) in [5, 5.41) is 53.4. The molecule has 7 rings (SSSR count). The third-order valence-corrected chi connectivity index (χ3v) is 15.2. The Labute approximate surface area is 268 Å². The van der Waals surface area contributed by atoms with Gasteiger partial charge in [0.2, 0.25) is 0 Å². The molecule has 4 aliphatic carbocycles. The SMILES string of the molecule is CC(C)=CC1COC23CC4(CO2)C(CCC2C5(C)CCC(OC6OC(CO)C(O)C(O)C6O)C(C)(C)C5CCC24C)C3C1(C)O. The molecule has 9 nitrogen and oxygen atoms in total. The fourth-order valence-electron chi connectivity index (χ4n) is 13.1. The minimum atomic E-state index is -1.45. The molecule has 0 aromatic rings. The van der Waals surface area contributed by atoms with Gasteiger partial charge in [-0.15, -0.1) is 0 Å². The molecule has 0 radical (unpaired) electrons. The van der Waals surface area contributed by atoms with E-state index in [1.54, 1.807) is 0 Å². The van der Waals surface area contributed by atoms with Gasteiger partial charge in [-0.25, -0.2) is 0 Å². The van der Waals surface area contributed by atoms with Crippen LogP contribution >= 0.6 is 0 Å². The highest BCUT2D eigenvalue weighted by Gasteiger charge is 2.81. The molecule has 0 aromatic heterocycles. The minimum Gasteiger partial charge on any atom is -0.394 e. The Balaban J connectivity index is 1.16. The van der Waals surface area contributed by atoms with E-state index >= 15 is 0 Å². The van der Waals surface area contributed by atoms with Crippen molar-refractivity contribution in [3.63, 3.8) is 0 Å². The summed E-state index contributed by atoms with van der Waals surface area (Å²) in [4.78, 5) is 0. The summed E-state index contributed by atoms with van der Waals surface area (Å²) in [5.41, 5.74) is 0.163. The number of fused-ring (bicyclic) bond motifs is 4. The molecule has 16 unspecified atom stereocenters. The second-order valence-electron chi connectivity index (χ2n) is 17.7. The fraction of sp³-hybridized carbons (Fsp3) is 0.944. The van der Waals surface area contributed by atoms with Gasteiger partial charge in [0.05, 0.1) is 31.5 Å². The van der Waals surface area contributed by atoms with Crippen LogP contribution in [0.15, 0.2) is 11.6 Å². The van der Waals surface area contributed by atoms with E-state index in [1.807, 2.05) is 6.92 Å². The van der Waals surface area contributed by atoms with Gasteiger partial charge in [0.15, 0.2) is 12.1 Å². The summed E-state index contributed by atoms with van der Waals surface area (Å²) in [6, 6.07) is 0. The molecule has 9 heteroatoms. The van der Waals surface area contributed by atoms with Crippen LogP contribution in [0.3, 0.4) is 0 Å². The summed E-state index contributed by atoms with van der Waals surface area (Å²) >= 11 is 0. The molecule has 0 aromatic carbocycles. The summed E-state index contributed by atoms with van der Waals surface area (Å²) in [6.45, 7) is 16.6. The fourth-order valence-corrected chi connectivity index (χ4v) is 13.1. The molecule has 0 amide bonds. The second-order valence-corrected chi connectivity index (χ2v) is 17.7. The molecule has 5 N–H and O–H groups in total. The van der Waals surface area contributed by atoms with Crippen molar-refractivity contribution in [2.24, 2.45) is 51.2 Å². The zero-order valence-corrected chi connectivity index (χ0v) is 28.4. The average molecular weight is 635 g/mol. The van der Waals surface area contributed by atoms with Crippen molar-refractivity contribution in [1.82, 2.24) is 0 Å². The Bertz CT molecular complexity index is 1200. The van der Waals surface area contributed by atoms with Crippen LogP contribution in [0.4, 0.5) is 0 Å². The normalized spacial score (nSPS) is 58.2. The van der Waals surface area contributed by atoms with Crippen LogP contribution in [0.5, 0.6) is 0 Å². The van der Waals surface area contributed by atoms with Gasteiger partial charge in [0.25, 0.3) is 0 Å². The molecule has 7 fully saturated rings. The van der Waals surface area contributed by atoms with E-state index < -0.39 is 48.7 Å². The van der Waals surface area contributed by atoms with Gasteiger partial charge in [0.1, 0.15) is 24.4 Å². The largest absolute Gasteiger partial charge is 0.394 e. The van der Waals surface area contributed by atoms with Crippen LogP contribution in [0.2, 0.25) is 0 Å². The van der Waals surface area contributed by atoms with Gasteiger partial charge in [-0.05, 0) is 93.3 Å². The second kappa shape index (κ2) is 10.4. The Morgan fingerprint density at radius 1 is 0.889 bits per heavy atom. The zero-order valence-electron chi connectivity index (χ0n) is 28.4. The topological polar surface area (TPSA) is 138 Å². The molecule has 16 atom stereocenters. The van der Waals surface area contributed by atoms with E-state index in [0.717, 1.165) is 44.9 Å². The maximum absolute atomic E-state index is 12.2. The zero-order chi connectivity index (χ0) is 32.5. The molecule has 7 aliphatic rings. The number of allylic oxidation sites excluding steroid dienone is 1. The van der Waals surface area contributed by atoms with Gasteiger partial charge < -0.3 is 44.5 Å². The highest BCUT2D eigenvalue weighted by molar-refractivity contribution is 5.27. The van der Waals surface area contributed by atoms with Gasteiger partial charge in [-0.3, -0.25) is 0 Å². The molecule has 2 bridgehead atoms. The van der Waals surface area contributed by atoms with E-state index in [1.165, 1.54) is 5.57 Å². The standard InChI is InChI=1S/C36H58O9/c1-19(2)14-20-16-42-36-17-35(18-43-36)21(29(36)34(20,7)41)8-9-24-32(5)12-11-25(31(3,4)23(32)10-13-33(24,35)6)45-30-28(40)27(39)26(38)22(15-37)44-30/h14,20-30,37-41H,8-13,15-18H2,1-7H3. The Hall–Kier alpha value is -0.620. The maximum atomic E-state index is 12.2. The van der Waals surface area contributed by atoms with Gasteiger partial charge >= 0.3 is 0 Å². The van der Waals surface area contributed by atoms with Crippen LogP contribution < -0.4 is 0 Å². The molecule has 3 saturated heterocycles. The predicted octanol–water partition coefficient (Wildman–Crippen LogP) is 3.54. The van der Waals surface area contributed by atoms with E-state index in [0.29, 0.717) is 31.0 Å².